The fourth-order valence-corrected chi connectivity index (χ4v) is 2.05. The second-order valence-corrected chi connectivity index (χ2v) is 4.43. The molecule has 3 nitrogen and oxygen atoms in total. The van der Waals surface area contributed by atoms with Crippen LogP contribution in [-0.4, -0.2) is 23.2 Å². The fourth-order valence-electron chi connectivity index (χ4n) is 2.05. The average molecular weight is 199 g/mol. The summed E-state index contributed by atoms with van der Waals surface area (Å²) < 4.78 is 0. The summed E-state index contributed by atoms with van der Waals surface area (Å²) in [6, 6.07) is 0.109. The molecule has 0 saturated carbocycles. The van der Waals surface area contributed by atoms with Crippen molar-refractivity contribution < 1.29 is 9.90 Å². The van der Waals surface area contributed by atoms with Crippen molar-refractivity contribution in [1.82, 2.24) is 5.32 Å². The van der Waals surface area contributed by atoms with E-state index in [-0.39, 0.29) is 6.04 Å². The number of rotatable bonds is 4. The molecule has 82 valence electrons. The van der Waals surface area contributed by atoms with Crippen LogP contribution in [0.3, 0.4) is 0 Å². The maximum atomic E-state index is 10.8. The van der Waals surface area contributed by atoms with Crippen LogP contribution in [0.4, 0.5) is 0 Å². The van der Waals surface area contributed by atoms with E-state index in [4.69, 9.17) is 5.11 Å². The molecule has 0 spiro atoms. The third-order valence-electron chi connectivity index (χ3n) is 3.16. The van der Waals surface area contributed by atoms with Gasteiger partial charge in [0, 0.05) is 6.04 Å². The van der Waals surface area contributed by atoms with Gasteiger partial charge < -0.3 is 10.4 Å². The number of carboxylic acid groups (broad SMARTS) is 1. The highest BCUT2D eigenvalue weighted by Crippen LogP contribution is 2.19. The molecule has 14 heavy (non-hydrogen) atoms. The molecule has 3 unspecified atom stereocenters. The van der Waals surface area contributed by atoms with Crippen LogP contribution in [0.5, 0.6) is 0 Å². The van der Waals surface area contributed by atoms with Crippen molar-refractivity contribution in [2.45, 2.75) is 58.0 Å². The standard InChI is InChI=1S/C11H21NO2/c1-3-8(2)7-9-5-4-6-10(12-9)11(13)14/h8-10,12H,3-7H2,1-2H3,(H,13,14). The first-order chi connectivity index (χ1) is 6.63. The molecule has 1 saturated heterocycles. The van der Waals surface area contributed by atoms with Gasteiger partial charge in [-0.2, -0.15) is 0 Å². The zero-order valence-electron chi connectivity index (χ0n) is 9.12. The molecule has 0 aliphatic carbocycles. The second kappa shape index (κ2) is 5.35. The van der Waals surface area contributed by atoms with E-state index in [0.717, 1.165) is 25.7 Å². The van der Waals surface area contributed by atoms with E-state index >= 15 is 0 Å². The SMILES string of the molecule is CCC(C)CC1CCCC(C(=O)O)N1. The van der Waals surface area contributed by atoms with Crippen LogP contribution >= 0.6 is 0 Å². The number of carbonyl (C=O) groups is 1. The van der Waals surface area contributed by atoms with Crippen molar-refractivity contribution in [3.8, 4) is 0 Å². The molecule has 2 N–H and O–H groups in total. The van der Waals surface area contributed by atoms with Gasteiger partial charge in [0.1, 0.15) is 6.04 Å². The number of nitrogens with one attached hydrogen (secondary N) is 1. The number of hydrogen-bond donors (Lipinski definition) is 2. The van der Waals surface area contributed by atoms with Crippen LogP contribution in [0.15, 0.2) is 0 Å². The third kappa shape index (κ3) is 3.29. The normalized spacial score (nSPS) is 29.9. The fraction of sp³-hybridized carbons (Fsp3) is 0.909. The average Bonchev–Trinajstić information content (AvgIpc) is 2.18. The summed E-state index contributed by atoms with van der Waals surface area (Å²) in [4.78, 5) is 10.8. The van der Waals surface area contributed by atoms with Crippen molar-refractivity contribution in [2.24, 2.45) is 5.92 Å². The highest BCUT2D eigenvalue weighted by atomic mass is 16.4. The molecule has 3 heteroatoms. The van der Waals surface area contributed by atoms with Gasteiger partial charge >= 0.3 is 5.97 Å². The Balaban J connectivity index is 2.36. The second-order valence-electron chi connectivity index (χ2n) is 4.43. The molecule has 0 aromatic carbocycles. The van der Waals surface area contributed by atoms with E-state index in [1.807, 2.05) is 0 Å². The predicted octanol–water partition coefficient (Wildman–Crippen LogP) is 2.02. The Morgan fingerprint density at radius 2 is 2.29 bits per heavy atom. The largest absolute Gasteiger partial charge is 0.480 e. The Bertz CT molecular complexity index is 194. The summed E-state index contributed by atoms with van der Waals surface area (Å²) in [5.41, 5.74) is 0. The zero-order valence-corrected chi connectivity index (χ0v) is 9.12. The predicted molar refractivity (Wildman–Crippen MR) is 56.3 cm³/mol. The molecule has 1 rings (SSSR count). The van der Waals surface area contributed by atoms with Gasteiger partial charge in [-0.25, -0.2) is 0 Å². The lowest BCUT2D eigenvalue weighted by Crippen LogP contribution is -2.47. The zero-order chi connectivity index (χ0) is 10.6. The Morgan fingerprint density at radius 3 is 2.86 bits per heavy atom. The Kier molecular flexibility index (Phi) is 4.39. The number of piperidine rings is 1. The smallest absolute Gasteiger partial charge is 0.320 e. The van der Waals surface area contributed by atoms with E-state index in [2.05, 4.69) is 19.2 Å². The van der Waals surface area contributed by atoms with Crippen molar-refractivity contribution in [1.29, 1.82) is 0 Å². The molecule has 1 heterocycles. The van der Waals surface area contributed by atoms with Gasteiger partial charge in [0.15, 0.2) is 0 Å². The van der Waals surface area contributed by atoms with E-state index < -0.39 is 5.97 Å². The molecule has 0 radical (unpaired) electrons. The summed E-state index contributed by atoms with van der Waals surface area (Å²) >= 11 is 0. The molecule has 1 aliphatic rings. The minimum Gasteiger partial charge on any atom is -0.480 e. The minimum atomic E-state index is -0.696. The maximum Gasteiger partial charge on any atom is 0.320 e. The molecule has 3 atom stereocenters. The summed E-state index contributed by atoms with van der Waals surface area (Å²) in [5, 5.41) is 12.1. The molecular formula is C11H21NO2. The van der Waals surface area contributed by atoms with E-state index in [0.29, 0.717) is 12.0 Å². The Hall–Kier alpha value is -0.570. The highest BCUT2D eigenvalue weighted by molar-refractivity contribution is 5.73. The molecule has 0 amide bonds. The van der Waals surface area contributed by atoms with Crippen molar-refractivity contribution in [3.05, 3.63) is 0 Å². The molecule has 0 aromatic rings. The number of aliphatic carboxylic acids is 1. The quantitative estimate of drug-likeness (QED) is 0.728. The molecule has 0 aromatic heterocycles. The molecule has 1 fully saturated rings. The van der Waals surface area contributed by atoms with Gasteiger partial charge in [-0.3, -0.25) is 4.79 Å². The van der Waals surface area contributed by atoms with Gasteiger partial charge in [-0.15, -0.1) is 0 Å². The van der Waals surface area contributed by atoms with Crippen LogP contribution in [0.25, 0.3) is 0 Å². The van der Waals surface area contributed by atoms with Gasteiger partial charge in [0.2, 0.25) is 0 Å². The first-order valence-electron chi connectivity index (χ1n) is 5.62. The van der Waals surface area contributed by atoms with Gasteiger partial charge in [-0.05, 0) is 31.6 Å². The summed E-state index contributed by atoms with van der Waals surface area (Å²) in [7, 11) is 0. The first kappa shape index (κ1) is 11.5. The maximum absolute atomic E-state index is 10.8. The van der Waals surface area contributed by atoms with Gasteiger partial charge in [0.25, 0.3) is 0 Å². The van der Waals surface area contributed by atoms with Crippen LogP contribution in [0, 0.1) is 5.92 Å². The van der Waals surface area contributed by atoms with E-state index in [9.17, 15) is 4.79 Å². The minimum absolute atomic E-state index is 0.308. The summed E-state index contributed by atoms with van der Waals surface area (Å²) in [5.74, 6) is -0.00102. The van der Waals surface area contributed by atoms with Crippen molar-refractivity contribution >= 4 is 5.97 Å². The lowest BCUT2D eigenvalue weighted by Gasteiger charge is -2.30. The van der Waals surface area contributed by atoms with E-state index in [1.165, 1.54) is 6.42 Å². The van der Waals surface area contributed by atoms with Crippen LogP contribution < -0.4 is 5.32 Å². The van der Waals surface area contributed by atoms with Crippen molar-refractivity contribution in [2.75, 3.05) is 0 Å². The van der Waals surface area contributed by atoms with Crippen LogP contribution in [-0.2, 0) is 4.79 Å². The Morgan fingerprint density at radius 1 is 1.57 bits per heavy atom. The Labute approximate surface area is 85.9 Å². The molecule has 0 bridgehead atoms. The highest BCUT2D eigenvalue weighted by Gasteiger charge is 2.26. The van der Waals surface area contributed by atoms with Crippen LogP contribution in [0.2, 0.25) is 0 Å². The van der Waals surface area contributed by atoms with Gasteiger partial charge in [0.05, 0.1) is 0 Å². The van der Waals surface area contributed by atoms with E-state index in [1.54, 1.807) is 0 Å². The number of hydrogen-bond acceptors (Lipinski definition) is 2. The summed E-state index contributed by atoms with van der Waals surface area (Å²) in [6.07, 6.45) is 5.25. The summed E-state index contributed by atoms with van der Waals surface area (Å²) in [6.45, 7) is 4.41. The lowest BCUT2D eigenvalue weighted by molar-refractivity contribution is -0.140. The topological polar surface area (TPSA) is 49.3 Å². The van der Waals surface area contributed by atoms with Gasteiger partial charge in [-0.1, -0.05) is 20.3 Å². The molecular weight excluding hydrogens is 178 g/mol. The lowest BCUT2D eigenvalue weighted by atomic mass is 9.91. The monoisotopic (exact) mass is 199 g/mol. The molecule has 1 aliphatic heterocycles. The van der Waals surface area contributed by atoms with Crippen molar-refractivity contribution in [3.63, 3.8) is 0 Å². The van der Waals surface area contributed by atoms with Crippen LogP contribution in [0.1, 0.15) is 46.0 Å². The third-order valence-corrected chi connectivity index (χ3v) is 3.16. The number of carboxylic acids is 1. The first-order valence-corrected chi connectivity index (χ1v) is 5.62.